The molecule has 0 saturated carbocycles. The van der Waals surface area contributed by atoms with Crippen molar-refractivity contribution in [2.45, 2.75) is 0 Å². The van der Waals surface area contributed by atoms with E-state index in [1.165, 1.54) is 0 Å². The fourth-order valence-electron chi connectivity index (χ4n) is 3.25. The maximum absolute atomic E-state index is 14.3. The minimum absolute atomic E-state index is 0. The zero-order valence-corrected chi connectivity index (χ0v) is 24.0. The molecule has 232 valence electrons. The van der Waals surface area contributed by atoms with E-state index in [0.717, 1.165) is 12.1 Å². The molecule has 0 amide bonds. The molecule has 0 atom stereocenters. The van der Waals surface area contributed by atoms with Crippen LogP contribution in [0.1, 0.15) is 16.7 Å². The van der Waals surface area contributed by atoms with E-state index < -0.39 is 104 Å². The SMILES string of the molecule is Fc1[c-]c(C(=[C-]c2c(F)c(F)c(F)c(F)c2F)c2c(F)c(F)c(F)c(F)c2F)c(F)c(F)c1F.[Zr+4].c1cc[cH-]c1.c1cc[cH-]c1. The van der Waals surface area contributed by atoms with Crippen molar-refractivity contribution in [1.82, 2.24) is 0 Å². The van der Waals surface area contributed by atoms with Gasteiger partial charge in [-0.05, 0) is 5.56 Å². The Kier molecular flexibility index (Phi) is 13.1. The third kappa shape index (κ3) is 7.81. The molecule has 0 aliphatic heterocycles. The molecule has 0 aliphatic rings. The Morgan fingerprint density at radius 3 is 1.13 bits per heavy atom. The van der Waals surface area contributed by atoms with E-state index in [1.807, 2.05) is 60.7 Å². The van der Waals surface area contributed by atoms with Crippen LogP contribution in [0.15, 0.2) is 60.7 Å². The van der Waals surface area contributed by atoms with Crippen LogP contribution in [0.4, 0.5) is 61.5 Å². The average Bonchev–Trinajstić information content (AvgIpc) is 3.79. The van der Waals surface area contributed by atoms with Gasteiger partial charge in [-0.15, -0.1) is 6.07 Å². The van der Waals surface area contributed by atoms with Gasteiger partial charge in [0.05, 0.1) is 5.82 Å². The first kappa shape index (κ1) is 37.2. The van der Waals surface area contributed by atoms with E-state index >= 15 is 0 Å². The van der Waals surface area contributed by atoms with E-state index in [1.54, 1.807) is 0 Å². The van der Waals surface area contributed by atoms with Crippen LogP contribution in [0.25, 0.3) is 5.57 Å². The third-order valence-corrected chi connectivity index (χ3v) is 5.31. The van der Waals surface area contributed by atoms with Gasteiger partial charge in [0.15, 0.2) is 34.9 Å². The summed E-state index contributed by atoms with van der Waals surface area (Å²) < 4.78 is 192. The Labute approximate surface area is 263 Å². The minimum atomic E-state index is -2.85. The molecule has 0 heterocycles. The zero-order valence-electron chi connectivity index (χ0n) is 21.6. The van der Waals surface area contributed by atoms with Gasteiger partial charge in [-0.25, -0.2) is 77.0 Å². The number of hydrogen-bond donors (Lipinski definition) is 0. The summed E-state index contributed by atoms with van der Waals surface area (Å²) in [5.41, 5.74) is -8.90. The summed E-state index contributed by atoms with van der Waals surface area (Å²) >= 11 is 0. The van der Waals surface area contributed by atoms with E-state index in [2.05, 4.69) is 0 Å². The van der Waals surface area contributed by atoms with Crippen LogP contribution in [0.2, 0.25) is 0 Å². The van der Waals surface area contributed by atoms with Crippen molar-refractivity contribution in [3.8, 4) is 0 Å². The first-order valence-corrected chi connectivity index (χ1v) is 11.5. The predicted molar refractivity (Wildman–Crippen MR) is 126 cm³/mol. The Balaban J connectivity index is 0.000000540. The van der Waals surface area contributed by atoms with Gasteiger partial charge in [0.2, 0.25) is 0 Å². The predicted octanol–water partition coefficient (Wildman–Crippen LogP) is 9.53. The fourth-order valence-corrected chi connectivity index (χ4v) is 3.25. The summed E-state index contributed by atoms with van der Waals surface area (Å²) in [6, 6.07) is 21.0. The molecule has 5 aromatic rings. The monoisotopic (exact) mass is 726 g/mol. The van der Waals surface area contributed by atoms with Crippen LogP contribution in [-0.2, 0) is 26.2 Å². The first-order valence-electron chi connectivity index (χ1n) is 11.5. The maximum atomic E-state index is 14.3. The molecule has 0 aromatic heterocycles. The minimum Gasteiger partial charge on any atom is -0.271 e. The second-order valence-electron chi connectivity index (χ2n) is 8.07. The molecule has 0 bridgehead atoms. The van der Waals surface area contributed by atoms with Crippen LogP contribution >= 0.6 is 0 Å². The van der Waals surface area contributed by atoms with Crippen molar-refractivity contribution in [1.29, 1.82) is 0 Å². The number of rotatable bonds is 3. The molecule has 0 unspecified atom stereocenters. The molecular weight excluding hydrogens is 718 g/mol. The molecule has 0 spiro atoms. The Hall–Kier alpha value is -4.00. The number of hydrogen-bond acceptors (Lipinski definition) is 0. The van der Waals surface area contributed by atoms with Crippen molar-refractivity contribution >= 4 is 5.57 Å². The molecule has 5 aromatic carbocycles. The molecule has 5 rings (SSSR count). The topological polar surface area (TPSA) is 0 Å². The van der Waals surface area contributed by atoms with Gasteiger partial charge in [0, 0.05) is 5.82 Å². The normalized spacial score (nSPS) is 10.8. The van der Waals surface area contributed by atoms with Gasteiger partial charge in [-0.2, -0.15) is 53.6 Å². The maximum Gasteiger partial charge on any atom is 4.00 e. The molecule has 0 radical (unpaired) electrons. The van der Waals surface area contributed by atoms with E-state index in [9.17, 15) is 61.5 Å². The van der Waals surface area contributed by atoms with E-state index in [4.69, 9.17) is 0 Å². The van der Waals surface area contributed by atoms with Crippen LogP contribution in [-0.4, -0.2) is 0 Å². The summed E-state index contributed by atoms with van der Waals surface area (Å²) in [6.07, 6.45) is 0.985. The van der Waals surface area contributed by atoms with Crippen LogP contribution in [0.3, 0.4) is 0 Å². The molecule has 0 nitrogen and oxygen atoms in total. The zero-order chi connectivity index (χ0) is 32.9. The Bertz CT molecular complexity index is 1670. The smallest absolute Gasteiger partial charge is 0.271 e. The van der Waals surface area contributed by atoms with Gasteiger partial charge >= 0.3 is 26.2 Å². The molecule has 0 aliphatic carbocycles. The quantitative estimate of drug-likeness (QED) is 0.0572. The third-order valence-electron chi connectivity index (χ3n) is 5.31. The molecule has 15 heteroatoms. The summed E-state index contributed by atoms with van der Waals surface area (Å²) in [7, 11) is 0. The fraction of sp³-hybridized carbons (Fsp3) is 0. The summed E-state index contributed by atoms with van der Waals surface area (Å²) in [6.45, 7) is 0. The summed E-state index contributed by atoms with van der Waals surface area (Å²) in [5, 5.41) is 0. The first-order chi connectivity index (χ1) is 20.7. The van der Waals surface area contributed by atoms with Gasteiger partial charge in [-0.3, -0.25) is 8.78 Å². The van der Waals surface area contributed by atoms with Crippen LogP contribution < -0.4 is 0 Å². The van der Waals surface area contributed by atoms with Crippen molar-refractivity contribution < 1.29 is 87.7 Å². The average molecular weight is 728 g/mol. The second kappa shape index (κ2) is 15.8. The molecule has 0 N–H and O–H groups in total. The van der Waals surface area contributed by atoms with Crippen LogP contribution in [0.5, 0.6) is 0 Å². The summed E-state index contributed by atoms with van der Waals surface area (Å²) in [5.74, 6) is -38.4. The molecule has 0 saturated heterocycles. The Morgan fingerprint density at radius 1 is 0.444 bits per heavy atom. The van der Waals surface area contributed by atoms with Crippen molar-refractivity contribution in [2.24, 2.45) is 0 Å². The van der Waals surface area contributed by atoms with E-state index in [-0.39, 0.29) is 26.2 Å². The molecule has 0 fully saturated rings. The molecular formula is C30H10F14Zr. The number of benzene rings is 3. The number of halogens is 14. The van der Waals surface area contributed by atoms with Gasteiger partial charge in [0.25, 0.3) is 0 Å². The van der Waals surface area contributed by atoms with Crippen LogP contribution in [0, 0.1) is 93.6 Å². The summed E-state index contributed by atoms with van der Waals surface area (Å²) in [4.78, 5) is 0. The van der Waals surface area contributed by atoms with Crippen molar-refractivity contribution in [2.75, 3.05) is 0 Å². The van der Waals surface area contributed by atoms with E-state index in [0.29, 0.717) is 0 Å². The largest absolute Gasteiger partial charge is 4.00 e. The van der Waals surface area contributed by atoms with Crippen molar-refractivity contribution in [3.05, 3.63) is 171 Å². The Morgan fingerprint density at radius 2 is 0.778 bits per heavy atom. The molecule has 45 heavy (non-hydrogen) atoms. The van der Waals surface area contributed by atoms with Gasteiger partial charge in [-0.1, -0.05) is 5.56 Å². The second-order valence-corrected chi connectivity index (χ2v) is 8.07. The standard InChI is InChI=1S/C20F14.2C5H5.Zr/c21-6-2-4(8(22)14(28)11(6)25)3(7-12(26)17(31)20(34)18(32)13(7)27)1-5-9(23)15(29)19(33)16(30)10(5)24;2*1-2-4-5-3-1;/h;2*1-5H;/q-2;2*-1;+4. The van der Waals surface area contributed by atoms with Gasteiger partial charge < -0.3 is 0 Å². The van der Waals surface area contributed by atoms with Crippen molar-refractivity contribution in [3.63, 3.8) is 0 Å². The van der Waals surface area contributed by atoms with Gasteiger partial charge in [0.1, 0.15) is 34.9 Å².